The molecule has 130 valence electrons. The topological polar surface area (TPSA) is 55.1 Å². The lowest BCUT2D eigenvalue weighted by Gasteiger charge is -2.31. The van der Waals surface area contributed by atoms with Crippen LogP contribution in [-0.4, -0.2) is 28.0 Å². The third-order valence-corrected chi connectivity index (χ3v) is 5.00. The number of para-hydroxylation sites is 1. The van der Waals surface area contributed by atoms with Crippen LogP contribution in [0.25, 0.3) is 11.1 Å². The second-order valence-corrected chi connectivity index (χ2v) is 6.87. The lowest BCUT2D eigenvalue weighted by Crippen LogP contribution is -2.33. The minimum Gasteiger partial charge on any atom is -0.440 e. The molecule has 0 radical (unpaired) electrons. The fourth-order valence-electron chi connectivity index (χ4n) is 3.57. The SMILES string of the molecule is CCc1nc(C)cc(N2CCC(c3nc4cccc(C)c4o3)CC2)n1. The quantitative estimate of drug-likeness (QED) is 0.718. The van der Waals surface area contributed by atoms with Crippen LogP contribution in [0.5, 0.6) is 0 Å². The molecule has 3 aromatic rings. The van der Waals surface area contributed by atoms with Gasteiger partial charge in [-0.15, -0.1) is 0 Å². The van der Waals surface area contributed by atoms with Crippen molar-refractivity contribution in [3.05, 3.63) is 47.2 Å². The van der Waals surface area contributed by atoms with Crippen molar-refractivity contribution >= 4 is 16.9 Å². The number of fused-ring (bicyclic) bond motifs is 1. The van der Waals surface area contributed by atoms with Crippen LogP contribution in [0.15, 0.2) is 28.7 Å². The number of anilines is 1. The molecule has 1 aliphatic heterocycles. The van der Waals surface area contributed by atoms with Gasteiger partial charge in [-0.25, -0.2) is 15.0 Å². The molecule has 0 atom stereocenters. The fourth-order valence-corrected chi connectivity index (χ4v) is 3.57. The first-order chi connectivity index (χ1) is 12.1. The maximum Gasteiger partial charge on any atom is 0.198 e. The highest BCUT2D eigenvalue weighted by Crippen LogP contribution is 2.32. The Hall–Kier alpha value is -2.43. The van der Waals surface area contributed by atoms with E-state index in [0.29, 0.717) is 5.92 Å². The van der Waals surface area contributed by atoms with Crippen molar-refractivity contribution in [2.45, 2.75) is 46.0 Å². The van der Waals surface area contributed by atoms with Crippen molar-refractivity contribution < 1.29 is 4.42 Å². The highest BCUT2D eigenvalue weighted by molar-refractivity contribution is 5.76. The fraction of sp³-hybridized carbons (Fsp3) is 0.450. The Morgan fingerprint density at radius 3 is 2.64 bits per heavy atom. The van der Waals surface area contributed by atoms with E-state index in [1.807, 2.05) is 19.1 Å². The van der Waals surface area contributed by atoms with Crippen LogP contribution in [0.4, 0.5) is 5.82 Å². The highest BCUT2D eigenvalue weighted by Gasteiger charge is 2.26. The molecular weight excluding hydrogens is 312 g/mol. The summed E-state index contributed by atoms with van der Waals surface area (Å²) < 4.78 is 6.08. The molecule has 0 aliphatic carbocycles. The summed E-state index contributed by atoms with van der Waals surface area (Å²) in [5.41, 5.74) is 4.09. The number of aryl methyl sites for hydroxylation is 3. The molecule has 0 bridgehead atoms. The maximum absolute atomic E-state index is 6.08. The van der Waals surface area contributed by atoms with E-state index in [-0.39, 0.29) is 0 Å². The molecule has 0 N–H and O–H groups in total. The zero-order valence-electron chi connectivity index (χ0n) is 15.1. The number of rotatable bonds is 3. The summed E-state index contributed by atoms with van der Waals surface area (Å²) >= 11 is 0. The number of hydrogen-bond acceptors (Lipinski definition) is 5. The Bertz CT molecular complexity index is 894. The van der Waals surface area contributed by atoms with Gasteiger partial charge < -0.3 is 9.32 Å². The molecule has 5 heteroatoms. The van der Waals surface area contributed by atoms with Crippen molar-refractivity contribution in [1.82, 2.24) is 15.0 Å². The molecule has 4 rings (SSSR count). The molecule has 0 saturated carbocycles. The van der Waals surface area contributed by atoms with Crippen LogP contribution in [0, 0.1) is 13.8 Å². The molecule has 3 heterocycles. The van der Waals surface area contributed by atoms with Crippen LogP contribution >= 0.6 is 0 Å². The normalized spacial score (nSPS) is 15.9. The van der Waals surface area contributed by atoms with E-state index in [0.717, 1.165) is 72.2 Å². The number of aromatic nitrogens is 3. The van der Waals surface area contributed by atoms with Gasteiger partial charge in [-0.1, -0.05) is 19.1 Å². The highest BCUT2D eigenvalue weighted by atomic mass is 16.3. The third-order valence-electron chi connectivity index (χ3n) is 5.00. The van der Waals surface area contributed by atoms with Gasteiger partial charge in [-0.3, -0.25) is 0 Å². The van der Waals surface area contributed by atoms with E-state index in [4.69, 9.17) is 14.4 Å². The van der Waals surface area contributed by atoms with Gasteiger partial charge in [0, 0.05) is 37.2 Å². The lowest BCUT2D eigenvalue weighted by atomic mass is 9.97. The molecular formula is C20H24N4O. The number of piperidine rings is 1. The van der Waals surface area contributed by atoms with Crippen LogP contribution < -0.4 is 4.90 Å². The van der Waals surface area contributed by atoms with E-state index >= 15 is 0 Å². The van der Waals surface area contributed by atoms with Crippen molar-refractivity contribution in [3.63, 3.8) is 0 Å². The van der Waals surface area contributed by atoms with E-state index in [2.05, 4.69) is 35.9 Å². The van der Waals surface area contributed by atoms with Gasteiger partial charge in [0.1, 0.15) is 17.2 Å². The largest absolute Gasteiger partial charge is 0.440 e. The van der Waals surface area contributed by atoms with Crippen molar-refractivity contribution in [2.24, 2.45) is 0 Å². The average Bonchev–Trinajstić information content (AvgIpc) is 3.07. The molecule has 1 aliphatic rings. The Labute approximate surface area is 148 Å². The van der Waals surface area contributed by atoms with Gasteiger partial charge in [0.2, 0.25) is 0 Å². The van der Waals surface area contributed by atoms with E-state index in [1.165, 1.54) is 0 Å². The summed E-state index contributed by atoms with van der Waals surface area (Å²) in [7, 11) is 0. The van der Waals surface area contributed by atoms with Crippen LogP contribution in [0.2, 0.25) is 0 Å². The smallest absolute Gasteiger partial charge is 0.198 e. The number of nitrogens with zero attached hydrogens (tertiary/aromatic N) is 4. The van der Waals surface area contributed by atoms with E-state index < -0.39 is 0 Å². The van der Waals surface area contributed by atoms with Gasteiger partial charge in [0.05, 0.1) is 0 Å². The van der Waals surface area contributed by atoms with E-state index in [9.17, 15) is 0 Å². The standard InChI is InChI=1S/C20H24N4O/c1-4-17-21-14(3)12-18(23-17)24-10-8-15(9-11-24)20-22-16-7-5-6-13(2)19(16)25-20/h5-7,12,15H,4,8-11H2,1-3H3. The summed E-state index contributed by atoms with van der Waals surface area (Å²) in [5.74, 6) is 3.25. The molecule has 1 aromatic carbocycles. The number of oxazole rings is 1. The predicted octanol–water partition coefficient (Wildman–Crippen LogP) is 4.18. The van der Waals surface area contributed by atoms with Gasteiger partial charge in [0.25, 0.3) is 0 Å². The van der Waals surface area contributed by atoms with Gasteiger partial charge in [-0.05, 0) is 38.3 Å². The Morgan fingerprint density at radius 2 is 1.92 bits per heavy atom. The van der Waals surface area contributed by atoms with Crippen LogP contribution in [-0.2, 0) is 6.42 Å². The average molecular weight is 336 g/mol. The number of hydrogen-bond donors (Lipinski definition) is 0. The molecule has 1 saturated heterocycles. The van der Waals surface area contributed by atoms with Gasteiger partial charge in [-0.2, -0.15) is 0 Å². The van der Waals surface area contributed by atoms with E-state index in [1.54, 1.807) is 0 Å². The van der Waals surface area contributed by atoms with Gasteiger partial charge >= 0.3 is 0 Å². The summed E-state index contributed by atoms with van der Waals surface area (Å²) in [6, 6.07) is 8.22. The zero-order chi connectivity index (χ0) is 17.4. The molecule has 5 nitrogen and oxygen atoms in total. The summed E-state index contributed by atoms with van der Waals surface area (Å²) in [6.45, 7) is 8.16. The first-order valence-electron chi connectivity index (χ1n) is 9.09. The monoisotopic (exact) mass is 336 g/mol. The summed E-state index contributed by atoms with van der Waals surface area (Å²) in [5, 5.41) is 0. The van der Waals surface area contributed by atoms with Crippen molar-refractivity contribution in [2.75, 3.05) is 18.0 Å². The second kappa shape index (κ2) is 6.47. The molecule has 0 unspecified atom stereocenters. The third kappa shape index (κ3) is 3.11. The zero-order valence-corrected chi connectivity index (χ0v) is 15.1. The second-order valence-electron chi connectivity index (χ2n) is 6.87. The minimum absolute atomic E-state index is 0.386. The Balaban J connectivity index is 1.51. The number of benzene rings is 1. The molecule has 0 spiro atoms. The lowest BCUT2D eigenvalue weighted by molar-refractivity contribution is 0.406. The Morgan fingerprint density at radius 1 is 1.12 bits per heavy atom. The van der Waals surface area contributed by atoms with Crippen LogP contribution in [0.3, 0.4) is 0 Å². The molecule has 1 fully saturated rings. The van der Waals surface area contributed by atoms with Crippen molar-refractivity contribution in [3.8, 4) is 0 Å². The minimum atomic E-state index is 0.386. The first kappa shape index (κ1) is 16.1. The molecule has 25 heavy (non-hydrogen) atoms. The van der Waals surface area contributed by atoms with Gasteiger partial charge in [0.15, 0.2) is 11.5 Å². The summed E-state index contributed by atoms with van der Waals surface area (Å²) in [4.78, 5) is 16.3. The van der Waals surface area contributed by atoms with Crippen LogP contribution in [0.1, 0.15) is 48.7 Å². The summed E-state index contributed by atoms with van der Waals surface area (Å²) in [6.07, 6.45) is 2.94. The molecule has 0 amide bonds. The molecule has 2 aromatic heterocycles. The maximum atomic E-state index is 6.08. The predicted molar refractivity (Wildman–Crippen MR) is 99.1 cm³/mol. The first-order valence-corrected chi connectivity index (χ1v) is 9.09. The Kier molecular flexibility index (Phi) is 4.15. The van der Waals surface area contributed by atoms with Crippen molar-refractivity contribution in [1.29, 1.82) is 0 Å².